The molecule has 6 nitrogen and oxygen atoms in total. The molecule has 0 bridgehead atoms. The molecule has 2 N–H and O–H groups in total. The zero-order valence-electron chi connectivity index (χ0n) is 13.5. The maximum absolute atomic E-state index is 12.9. The number of nitrogens with one attached hydrogen (secondary N) is 2. The zero-order chi connectivity index (χ0) is 16.7. The van der Waals surface area contributed by atoms with Crippen LogP contribution in [-0.4, -0.2) is 41.4 Å². The molecular formula is C18H21N3O3. The van der Waals surface area contributed by atoms with Crippen molar-refractivity contribution in [3.05, 3.63) is 35.4 Å². The van der Waals surface area contributed by atoms with Crippen LogP contribution in [0.25, 0.3) is 0 Å². The largest absolute Gasteiger partial charge is 0.354 e. The number of amides is 4. The molecule has 3 aliphatic rings. The van der Waals surface area contributed by atoms with Crippen LogP contribution in [0.3, 0.4) is 0 Å². The number of fused-ring (bicyclic) bond motifs is 1. The average molecular weight is 327 g/mol. The normalized spacial score (nSPS) is 25.6. The van der Waals surface area contributed by atoms with Gasteiger partial charge >= 0.3 is 6.03 Å². The van der Waals surface area contributed by atoms with Gasteiger partial charge in [-0.15, -0.1) is 0 Å². The van der Waals surface area contributed by atoms with Gasteiger partial charge in [-0.05, 0) is 42.7 Å². The molecule has 0 aromatic heterocycles. The highest BCUT2D eigenvalue weighted by atomic mass is 16.2. The second kappa shape index (κ2) is 5.61. The van der Waals surface area contributed by atoms with Crippen LogP contribution in [0.2, 0.25) is 0 Å². The van der Waals surface area contributed by atoms with Gasteiger partial charge in [-0.2, -0.15) is 0 Å². The van der Waals surface area contributed by atoms with Crippen LogP contribution < -0.4 is 10.6 Å². The summed E-state index contributed by atoms with van der Waals surface area (Å²) in [5, 5.41) is 5.66. The molecule has 4 amide bonds. The van der Waals surface area contributed by atoms with Crippen LogP contribution in [0, 0.1) is 5.92 Å². The Balaban J connectivity index is 1.46. The number of hydrogen-bond acceptors (Lipinski definition) is 3. The highest BCUT2D eigenvalue weighted by molar-refractivity contribution is 6.09. The first-order chi connectivity index (χ1) is 11.6. The van der Waals surface area contributed by atoms with Crippen LogP contribution in [0.4, 0.5) is 4.79 Å². The topological polar surface area (TPSA) is 78.5 Å². The summed E-state index contributed by atoms with van der Waals surface area (Å²) in [5.74, 6) is 0.0282. The summed E-state index contributed by atoms with van der Waals surface area (Å²) in [4.78, 5) is 38.2. The van der Waals surface area contributed by atoms with Crippen LogP contribution in [0.5, 0.6) is 0 Å². The summed E-state index contributed by atoms with van der Waals surface area (Å²) < 4.78 is 0. The lowest BCUT2D eigenvalue weighted by Crippen LogP contribution is -2.51. The van der Waals surface area contributed by atoms with Gasteiger partial charge in [0.25, 0.3) is 5.91 Å². The van der Waals surface area contributed by atoms with Crippen molar-refractivity contribution in [1.29, 1.82) is 0 Å². The van der Waals surface area contributed by atoms with Crippen molar-refractivity contribution in [2.75, 3.05) is 13.1 Å². The number of imide groups is 1. The summed E-state index contributed by atoms with van der Waals surface area (Å²) in [6, 6.07) is 7.54. The van der Waals surface area contributed by atoms with E-state index < -0.39 is 11.6 Å². The molecular weight excluding hydrogens is 306 g/mol. The minimum absolute atomic E-state index is 0.194. The quantitative estimate of drug-likeness (QED) is 0.810. The van der Waals surface area contributed by atoms with Crippen LogP contribution in [0.1, 0.15) is 30.4 Å². The second-order valence-electron chi connectivity index (χ2n) is 7.10. The molecule has 1 aromatic rings. The van der Waals surface area contributed by atoms with Crippen LogP contribution >= 0.6 is 0 Å². The minimum Gasteiger partial charge on any atom is -0.354 e. The van der Waals surface area contributed by atoms with Gasteiger partial charge in [0.15, 0.2) is 0 Å². The minimum atomic E-state index is -0.887. The fraction of sp³-hybridized carbons (Fsp3) is 0.500. The first kappa shape index (κ1) is 15.2. The Morgan fingerprint density at radius 2 is 2.00 bits per heavy atom. The Bertz CT molecular complexity index is 713. The first-order valence-electron chi connectivity index (χ1n) is 8.55. The predicted molar refractivity (Wildman–Crippen MR) is 87.2 cm³/mol. The molecule has 2 fully saturated rings. The Morgan fingerprint density at radius 3 is 2.75 bits per heavy atom. The highest BCUT2D eigenvalue weighted by Crippen LogP contribution is 2.33. The monoisotopic (exact) mass is 327 g/mol. The predicted octanol–water partition coefficient (Wildman–Crippen LogP) is 0.992. The van der Waals surface area contributed by atoms with Crippen LogP contribution in [-0.2, 0) is 22.4 Å². The van der Waals surface area contributed by atoms with E-state index in [1.54, 1.807) is 0 Å². The average Bonchev–Trinajstić information content (AvgIpc) is 3.38. The van der Waals surface area contributed by atoms with Gasteiger partial charge in [0.1, 0.15) is 12.1 Å². The van der Waals surface area contributed by atoms with Crippen molar-refractivity contribution in [3.63, 3.8) is 0 Å². The molecule has 1 unspecified atom stereocenters. The van der Waals surface area contributed by atoms with E-state index in [0.717, 1.165) is 29.7 Å². The molecule has 1 saturated heterocycles. The third kappa shape index (κ3) is 2.66. The number of rotatable bonds is 4. The summed E-state index contributed by atoms with van der Waals surface area (Å²) in [6.45, 7) is 0.446. The number of nitrogens with zero attached hydrogens (tertiary/aromatic N) is 1. The van der Waals surface area contributed by atoms with Crippen molar-refractivity contribution in [2.24, 2.45) is 5.92 Å². The maximum Gasteiger partial charge on any atom is 0.325 e. The fourth-order valence-electron chi connectivity index (χ4n) is 3.62. The number of carbonyl (C=O) groups excluding carboxylic acids is 3. The third-order valence-electron chi connectivity index (χ3n) is 5.26. The molecule has 0 radical (unpaired) electrons. The maximum atomic E-state index is 12.9. The van der Waals surface area contributed by atoms with Crippen molar-refractivity contribution in [3.8, 4) is 0 Å². The lowest BCUT2D eigenvalue weighted by Gasteiger charge is -2.32. The molecule has 1 atom stereocenters. The van der Waals surface area contributed by atoms with Gasteiger partial charge in [0.2, 0.25) is 5.91 Å². The number of hydrogen-bond donors (Lipinski definition) is 2. The molecule has 1 aliphatic heterocycles. The standard InChI is InChI=1S/C18H21N3O3/c22-15(19-10-12-5-6-12)11-21-16(23)18(20-17(21)24)8-7-13-3-1-2-4-14(13)9-18/h1-4,12H,5-11H2,(H,19,22)(H,20,24). The van der Waals surface area contributed by atoms with E-state index in [1.807, 2.05) is 18.2 Å². The first-order valence-corrected chi connectivity index (χ1v) is 8.55. The third-order valence-corrected chi connectivity index (χ3v) is 5.26. The molecule has 24 heavy (non-hydrogen) atoms. The number of carbonyl (C=O) groups is 3. The molecule has 6 heteroatoms. The van der Waals surface area contributed by atoms with Gasteiger partial charge in [-0.25, -0.2) is 4.79 Å². The van der Waals surface area contributed by atoms with Crippen molar-refractivity contribution in [1.82, 2.24) is 15.5 Å². The van der Waals surface area contributed by atoms with Crippen molar-refractivity contribution in [2.45, 2.75) is 37.6 Å². The van der Waals surface area contributed by atoms with E-state index in [4.69, 9.17) is 0 Å². The molecule has 1 saturated carbocycles. The Hall–Kier alpha value is -2.37. The van der Waals surface area contributed by atoms with Gasteiger partial charge in [-0.3, -0.25) is 14.5 Å². The van der Waals surface area contributed by atoms with E-state index in [0.29, 0.717) is 25.3 Å². The van der Waals surface area contributed by atoms with E-state index in [9.17, 15) is 14.4 Å². The lowest BCUT2D eigenvalue weighted by molar-refractivity contribution is -0.135. The van der Waals surface area contributed by atoms with Gasteiger partial charge in [-0.1, -0.05) is 24.3 Å². The lowest BCUT2D eigenvalue weighted by atomic mass is 9.78. The molecule has 1 heterocycles. The fourth-order valence-corrected chi connectivity index (χ4v) is 3.62. The summed E-state index contributed by atoms with van der Waals surface area (Å²) in [5.41, 5.74) is 1.44. The van der Waals surface area contributed by atoms with Gasteiger partial charge in [0, 0.05) is 13.0 Å². The summed E-state index contributed by atoms with van der Waals surface area (Å²) in [7, 11) is 0. The molecule has 2 aliphatic carbocycles. The Morgan fingerprint density at radius 1 is 1.25 bits per heavy atom. The van der Waals surface area contributed by atoms with Gasteiger partial charge in [0.05, 0.1) is 0 Å². The van der Waals surface area contributed by atoms with E-state index in [-0.39, 0.29) is 18.4 Å². The SMILES string of the molecule is O=C(CN1C(=O)NC2(CCc3ccccc3C2)C1=O)NCC1CC1. The Kier molecular flexibility index (Phi) is 3.55. The molecule has 1 aromatic carbocycles. The van der Waals surface area contributed by atoms with E-state index in [2.05, 4.69) is 16.7 Å². The van der Waals surface area contributed by atoms with Crippen molar-refractivity contribution < 1.29 is 14.4 Å². The van der Waals surface area contributed by atoms with Crippen LogP contribution in [0.15, 0.2) is 24.3 Å². The number of benzene rings is 1. The zero-order valence-corrected chi connectivity index (χ0v) is 13.5. The molecule has 4 rings (SSSR count). The summed E-state index contributed by atoms with van der Waals surface area (Å²) >= 11 is 0. The smallest absolute Gasteiger partial charge is 0.325 e. The van der Waals surface area contributed by atoms with Gasteiger partial charge < -0.3 is 10.6 Å². The van der Waals surface area contributed by atoms with Crippen molar-refractivity contribution >= 4 is 17.8 Å². The van der Waals surface area contributed by atoms with E-state index >= 15 is 0 Å². The highest BCUT2D eigenvalue weighted by Gasteiger charge is 2.52. The summed E-state index contributed by atoms with van der Waals surface area (Å²) in [6.07, 6.45) is 4.12. The number of urea groups is 1. The molecule has 126 valence electrons. The number of aryl methyl sites for hydroxylation is 1. The second-order valence-corrected chi connectivity index (χ2v) is 7.10. The molecule has 1 spiro atoms. The Labute approximate surface area is 140 Å². The van der Waals surface area contributed by atoms with E-state index in [1.165, 1.54) is 5.56 Å².